The average Bonchev–Trinajstić information content (AvgIpc) is 2.90. The molecule has 10 nitrogen and oxygen atoms in total. The standard InChI is InChI=1S/C26H22N2O8/c1-16-12-14-17(15-13-16)22(29)27-28-23(30)20(35-25(33)18-8-4-2-5-9-18)21(24(31)32)36-26(34)19-10-6-3-7-11-19/h2-15,20-21H,1H3,(H,27,29)(H,28,30)(H,31,32). The number of benzene rings is 3. The summed E-state index contributed by atoms with van der Waals surface area (Å²) in [7, 11) is 0. The quantitative estimate of drug-likeness (QED) is 0.322. The molecule has 3 N–H and O–H groups in total. The summed E-state index contributed by atoms with van der Waals surface area (Å²) in [6.45, 7) is 1.83. The van der Waals surface area contributed by atoms with Crippen molar-refractivity contribution in [3.05, 3.63) is 107 Å². The predicted molar refractivity (Wildman–Crippen MR) is 126 cm³/mol. The Morgan fingerprint density at radius 2 is 1.11 bits per heavy atom. The Morgan fingerprint density at radius 1 is 0.639 bits per heavy atom. The molecule has 3 aromatic rings. The van der Waals surface area contributed by atoms with E-state index in [1.165, 1.54) is 60.7 Å². The summed E-state index contributed by atoms with van der Waals surface area (Å²) in [5.41, 5.74) is 5.32. The number of amides is 2. The van der Waals surface area contributed by atoms with Crippen molar-refractivity contribution in [2.75, 3.05) is 0 Å². The number of hydrogen-bond acceptors (Lipinski definition) is 7. The van der Waals surface area contributed by atoms with E-state index in [1.54, 1.807) is 24.3 Å². The molecule has 2 atom stereocenters. The van der Waals surface area contributed by atoms with Gasteiger partial charge in [-0.1, -0.05) is 54.1 Å². The number of rotatable bonds is 8. The molecular formula is C26H22N2O8. The van der Waals surface area contributed by atoms with E-state index in [-0.39, 0.29) is 16.7 Å². The molecule has 2 amide bonds. The van der Waals surface area contributed by atoms with Crippen LogP contribution in [0.25, 0.3) is 0 Å². The van der Waals surface area contributed by atoms with Gasteiger partial charge in [-0.15, -0.1) is 0 Å². The van der Waals surface area contributed by atoms with Crippen LogP contribution in [0.4, 0.5) is 0 Å². The van der Waals surface area contributed by atoms with Crippen molar-refractivity contribution >= 4 is 29.7 Å². The Labute approximate surface area is 205 Å². The SMILES string of the molecule is Cc1ccc(C(=O)NNC(=O)C(OC(=O)c2ccccc2)C(OC(=O)c2ccccc2)C(=O)O)cc1. The number of aryl methyl sites for hydroxylation is 1. The Kier molecular flexibility index (Phi) is 8.49. The first kappa shape index (κ1) is 25.6. The van der Waals surface area contributed by atoms with E-state index in [9.17, 15) is 29.1 Å². The van der Waals surface area contributed by atoms with E-state index in [0.717, 1.165) is 5.56 Å². The predicted octanol–water partition coefficient (Wildman–Crippen LogP) is 2.29. The third-order valence-corrected chi connectivity index (χ3v) is 4.88. The molecule has 0 radical (unpaired) electrons. The minimum Gasteiger partial charge on any atom is -0.478 e. The minimum absolute atomic E-state index is 0.0185. The van der Waals surface area contributed by atoms with E-state index in [1.807, 2.05) is 12.3 Å². The van der Waals surface area contributed by atoms with Gasteiger partial charge >= 0.3 is 17.9 Å². The summed E-state index contributed by atoms with van der Waals surface area (Å²) in [6, 6.07) is 21.4. The van der Waals surface area contributed by atoms with Crippen LogP contribution >= 0.6 is 0 Å². The third kappa shape index (κ3) is 6.76. The van der Waals surface area contributed by atoms with Crippen LogP contribution in [-0.2, 0) is 19.1 Å². The maximum Gasteiger partial charge on any atom is 0.349 e. The molecule has 0 aliphatic carbocycles. The summed E-state index contributed by atoms with van der Waals surface area (Å²) < 4.78 is 10.2. The number of hydrogen-bond donors (Lipinski definition) is 3. The van der Waals surface area contributed by atoms with Gasteiger partial charge in [0.15, 0.2) is 0 Å². The van der Waals surface area contributed by atoms with Gasteiger partial charge in [-0.25, -0.2) is 14.4 Å². The fourth-order valence-corrected chi connectivity index (χ4v) is 2.98. The Balaban J connectivity index is 1.82. The molecule has 3 aromatic carbocycles. The van der Waals surface area contributed by atoms with Gasteiger partial charge in [-0.05, 0) is 43.3 Å². The van der Waals surface area contributed by atoms with Crippen LogP contribution < -0.4 is 10.9 Å². The number of carbonyl (C=O) groups excluding carboxylic acids is 4. The van der Waals surface area contributed by atoms with Crippen LogP contribution in [-0.4, -0.2) is 47.0 Å². The number of carboxylic acid groups (broad SMARTS) is 1. The normalized spacial score (nSPS) is 11.9. The Bertz CT molecular complexity index is 1240. The summed E-state index contributed by atoms with van der Waals surface area (Å²) in [4.78, 5) is 62.4. The highest BCUT2D eigenvalue weighted by atomic mass is 16.6. The molecule has 0 heterocycles. The van der Waals surface area contributed by atoms with Gasteiger partial charge in [-0.2, -0.15) is 0 Å². The monoisotopic (exact) mass is 490 g/mol. The van der Waals surface area contributed by atoms with Crippen molar-refractivity contribution in [3.63, 3.8) is 0 Å². The van der Waals surface area contributed by atoms with Crippen LogP contribution in [0.3, 0.4) is 0 Å². The van der Waals surface area contributed by atoms with Crippen molar-refractivity contribution in [2.24, 2.45) is 0 Å². The van der Waals surface area contributed by atoms with E-state index >= 15 is 0 Å². The number of hydrazine groups is 1. The molecule has 0 aliphatic heterocycles. The molecule has 0 aromatic heterocycles. The lowest BCUT2D eigenvalue weighted by atomic mass is 10.1. The number of carbonyl (C=O) groups is 5. The molecule has 0 saturated heterocycles. The van der Waals surface area contributed by atoms with Crippen molar-refractivity contribution in [1.29, 1.82) is 0 Å². The Hall–Kier alpha value is -4.99. The van der Waals surface area contributed by atoms with E-state index < -0.39 is 41.9 Å². The number of nitrogens with one attached hydrogen (secondary N) is 2. The van der Waals surface area contributed by atoms with Crippen molar-refractivity contribution < 1.29 is 38.6 Å². The fraction of sp³-hybridized carbons (Fsp3) is 0.115. The highest BCUT2D eigenvalue weighted by molar-refractivity contribution is 5.99. The Morgan fingerprint density at radius 3 is 1.58 bits per heavy atom. The topological polar surface area (TPSA) is 148 Å². The summed E-state index contributed by atoms with van der Waals surface area (Å²) in [5.74, 6) is -5.77. The summed E-state index contributed by atoms with van der Waals surface area (Å²) in [6.07, 6.45) is -4.36. The van der Waals surface area contributed by atoms with E-state index in [0.29, 0.717) is 0 Å². The molecule has 0 saturated carbocycles. The first-order valence-electron chi connectivity index (χ1n) is 10.7. The zero-order valence-corrected chi connectivity index (χ0v) is 19.0. The molecule has 3 rings (SSSR count). The summed E-state index contributed by atoms with van der Waals surface area (Å²) >= 11 is 0. The van der Waals surface area contributed by atoms with Gasteiger partial charge in [0.05, 0.1) is 11.1 Å². The number of carboxylic acids is 1. The lowest BCUT2D eigenvalue weighted by Gasteiger charge is -2.23. The zero-order chi connectivity index (χ0) is 26.1. The molecule has 36 heavy (non-hydrogen) atoms. The molecule has 0 fully saturated rings. The van der Waals surface area contributed by atoms with Crippen LogP contribution in [0.2, 0.25) is 0 Å². The van der Waals surface area contributed by atoms with Gasteiger partial charge in [0, 0.05) is 5.56 Å². The lowest BCUT2D eigenvalue weighted by molar-refractivity contribution is -0.159. The number of aliphatic carboxylic acids is 1. The fourth-order valence-electron chi connectivity index (χ4n) is 2.98. The third-order valence-electron chi connectivity index (χ3n) is 4.88. The molecule has 10 heteroatoms. The smallest absolute Gasteiger partial charge is 0.349 e. The first-order chi connectivity index (χ1) is 17.3. The molecule has 2 unspecified atom stereocenters. The minimum atomic E-state index is -2.22. The average molecular weight is 490 g/mol. The van der Waals surface area contributed by atoms with Crippen molar-refractivity contribution in [1.82, 2.24) is 10.9 Å². The van der Waals surface area contributed by atoms with E-state index in [4.69, 9.17) is 9.47 Å². The highest BCUT2D eigenvalue weighted by Gasteiger charge is 2.41. The van der Waals surface area contributed by atoms with Crippen LogP contribution in [0.15, 0.2) is 84.9 Å². The molecule has 0 bridgehead atoms. The second-order valence-corrected chi connectivity index (χ2v) is 7.53. The highest BCUT2D eigenvalue weighted by Crippen LogP contribution is 2.13. The largest absolute Gasteiger partial charge is 0.478 e. The summed E-state index contributed by atoms with van der Waals surface area (Å²) in [5, 5.41) is 9.72. The van der Waals surface area contributed by atoms with Gasteiger partial charge in [0.25, 0.3) is 11.8 Å². The van der Waals surface area contributed by atoms with Crippen LogP contribution in [0, 0.1) is 6.92 Å². The van der Waals surface area contributed by atoms with Gasteiger partial charge in [0.2, 0.25) is 12.2 Å². The molecule has 184 valence electrons. The maximum atomic E-state index is 12.9. The second kappa shape index (κ2) is 11.9. The molecular weight excluding hydrogens is 468 g/mol. The molecule has 0 spiro atoms. The first-order valence-corrected chi connectivity index (χ1v) is 10.7. The molecule has 0 aliphatic rings. The number of esters is 2. The zero-order valence-electron chi connectivity index (χ0n) is 19.0. The van der Waals surface area contributed by atoms with Gasteiger partial charge in [-0.3, -0.25) is 20.4 Å². The lowest BCUT2D eigenvalue weighted by Crippen LogP contribution is -2.54. The van der Waals surface area contributed by atoms with Crippen molar-refractivity contribution in [2.45, 2.75) is 19.1 Å². The van der Waals surface area contributed by atoms with Gasteiger partial charge < -0.3 is 14.6 Å². The van der Waals surface area contributed by atoms with Crippen LogP contribution in [0.5, 0.6) is 0 Å². The second-order valence-electron chi connectivity index (χ2n) is 7.53. The maximum absolute atomic E-state index is 12.9. The van der Waals surface area contributed by atoms with Crippen LogP contribution in [0.1, 0.15) is 36.6 Å². The van der Waals surface area contributed by atoms with E-state index in [2.05, 4.69) is 5.43 Å². The number of ether oxygens (including phenoxy) is 2. The van der Waals surface area contributed by atoms with Crippen molar-refractivity contribution in [3.8, 4) is 0 Å². The van der Waals surface area contributed by atoms with Gasteiger partial charge in [0.1, 0.15) is 0 Å².